The van der Waals surface area contributed by atoms with Crippen molar-refractivity contribution in [2.45, 2.75) is 30.3 Å². The molecule has 3 unspecified atom stereocenters. The molecule has 1 aliphatic carbocycles. The first-order valence-corrected chi connectivity index (χ1v) is 14.2. The molecule has 3 aromatic carbocycles. The summed E-state index contributed by atoms with van der Waals surface area (Å²) < 4.78 is 0. The van der Waals surface area contributed by atoms with Crippen molar-refractivity contribution in [2.24, 2.45) is 0 Å². The van der Waals surface area contributed by atoms with Crippen LogP contribution in [0.1, 0.15) is 39.9 Å². The molecule has 1 aromatic heterocycles. The molecule has 0 saturated carbocycles. The van der Waals surface area contributed by atoms with E-state index in [4.69, 9.17) is 0 Å². The third-order valence-corrected chi connectivity index (χ3v) is 8.87. The molecular formula is C34H31N5O3. The van der Waals surface area contributed by atoms with E-state index in [9.17, 15) is 14.4 Å². The van der Waals surface area contributed by atoms with Crippen molar-refractivity contribution in [2.75, 3.05) is 30.8 Å². The summed E-state index contributed by atoms with van der Waals surface area (Å²) in [6.45, 7) is 0.528. The first kappa shape index (κ1) is 26.1. The van der Waals surface area contributed by atoms with E-state index in [0.29, 0.717) is 30.9 Å². The smallest absolute Gasteiger partial charge is 0.245 e. The normalized spacial score (nSPS) is 23.0. The van der Waals surface area contributed by atoms with Gasteiger partial charge in [-0.2, -0.15) is 0 Å². The van der Waals surface area contributed by atoms with Crippen LogP contribution < -0.4 is 10.6 Å². The maximum atomic E-state index is 14.0. The van der Waals surface area contributed by atoms with Gasteiger partial charge in [0.25, 0.3) is 0 Å². The highest BCUT2D eigenvalue weighted by Gasteiger charge is 2.51. The van der Waals surface area contributed by atoms with Gasteiger partial charge in [-0.1, -0.05) is 72.8 Å². The molecule has 0 bridgehead atoms. The zero-order valence-electron chi connectivity index (χ0n) is 23.3. The molecule has 42 heavy (non-hydrogen) atoms. The number of pyridine rings is 1. The first-order valence-electron chi connectivity index (χ1n) is 14.2. The minimum absolute atomic E-state index is 0.0357. The molecule has 1 spiro atoms. The minimum atomic E-state index is -0.670. The van der Waals surface area contributed by atoms with Crippen LogP contribution in [0.25, 0.3) is 0 Å². The third-order valence-electron chi connectivity index (χ3n) is 8.87. The van der Waals surface area contributed by atoms with Gasteiger partial charge < -0.3 is 15.5 Å². The Balaban J connectivity index is 1.12. The number of carbonyl (C=O) groups excluding carboxylic acids is 3. The Labute approximate surface area is 244 Å². The standard InChI is InChI=1S/C34H31N5O3/c1-38-20-28(22-9-4-2-5-10-22)39(32(41)30(38)23-11-6-3-7-12-23)21-29(40)36-26-15-14-24-18-34(19-25(24)17-26)27-13-8-16-35-31(27)37-33(34)42/h2-17,28,30H,18-21H2,1H3,(H,36,40)(H,35,37,42). The van der Waals surface area contributed by atoms with Crippen LogP contribution in [-0.4, -0.2) is 52.6 Å². The second-order valence-corrected chi connectivity index (χ2v) is 11.5. The van der Waals surface area contributed by atoms with Gasteiger partial charge in [-0.25, -0.2) is 4.98 Å². The Morgan fingerprint density at radius 2 is 1.64 bits per heavy atom. The number of nitrogens with zero attached hydrogens (tertiary/aromatic N) is 3. The quantitative estimate of drug-likeness (QED) is 0.382. The molecule has 3 aliphatic rings. The van der Waals surface area contributed by atoms with E-state index in [2.05, 4.69) is 20.5 Å². The number of benzene rings is 3. The Bertz CT molecular complexity index is 1690. The van der Waals surface area contributed by atoms with E-state index in [1.54, 1.807) is 11.1 Å². The SMILES string of the molecule is CN1CC(c2ccccc2)N(CC(=O)Nc2ccc3c(c2)CC2(C3)C(=O)Nc3ncccc32)C(=O)C1c1ccccc1. The molecule has 1 fully saturated rings. The highest BCUT2D eigenvalue weighted by atomic mass is 16.2. The highest BCUT2D eigenvalue weighted by Crippen LogP contribution is 2.47. The lowest BCUT2D eigenvalue weighted by molar-refractivity contribution is -0.148. The summed E-state index contributed by atoms with van der Waals surface area (Å²) in [6.07, 6.45) is 2.82. The number of hydrogen-bond donors (Lipinski definition) is 2. The van der Waals surface area contributed by atoms with E-state index >= 15 is 0 Å². The van der Waals surface area contributed by atoms with Gasteiger partial charge in [0.15, 0.2) is 0 Å². The molecule has 3 heterocycles. The van der Waals surface area contributed by atoms with Gasteiger partial charge >= 0.3 is 0 Å². The number of amides is 3. The molecule has 2 aliphatic heterocycles. The van der Waals surface area contributed by atoms with Crippen LogP contribution in [0.3, 0.4) is 0 Å². The fourth-order valence-electron chi connectivity index (χ4n) is 6.86. The predicted molar refractivity (Wildman–Crippen MR) is 160 cm³/mol. The van der Waals surface area contributed by atoms with Crippen molar-refractivity contribution >= 4 is 29.2 Å². The summed E-state index contributed by atoms with van der Waals surface area (Å²) in [4.78, 5) is 48.7. The monoisotopic (exact) mass is 557 g/mol. The van der Waals surface area contributed by atoms with Crippen LogP contribution in [0.15, 0.2) is 97.2 Å². The Hall–Kier alpha value is -4.82. The number of aromatic nitrogens is 1. The fourth-order valence-corrected chi connectivity index (χ4v) is 6.86. The predicted octanol–water partition coefficient (Wildman–Crippen LogP) is 4.27. The van der Waals surface area contributed by atoms with Crippen molar-refractivity contribution in [3.8, 4) is 0 Å². The Morgan fingerprint density at radius 1 is 0.929 bits per heavy atom. The average Bonchev–Trinajstić information content (AvgIpc) is 3.52. The van der Waals surface area contributed by atoms with Crippen molar-refractivity contribution in [3.05, 3.63) is 125 Å². The maximum Gasteiger partial charge on any atom is 0.245 e. The van der Waals surface area contributed by atoms with Gasteiger partial charge in [0.05, 0.1) is 11.5 Å². The van der Waals surface area contributed by atoms with Crippen LogP contribution in [0.5, 0.6) is 0 Å². The zero-order chi connectivity index (χ0) is 28.8. The number of likely N-dealkylation sites (N-methyl/N-ethyl adjacent to an activating group) is 1. The highest BCUT2D eigenvalue weighted by molar-refractivity contribution is 6.06. The molecule has 4 aromatic rings. The third kappa shape index (κ3) is 4.35. The molecule has 3 atom stereocenters. The van der Waals surface area contributed by atoms with Gasteiger partial charge in [0.2, 0.25) is 17.7 Å². The molecule has 7 rings (SSSR count). The van der Waals surface area contributed by atoms with Crippen molar-refractivity contribution in [3.63, 3.8) is 0 Å². The number of hydrogen-bond acceptors (Lipinski definition) is 5. The van der Waals surface area contributed by atoms with Crippen LogP contribution in [-0.2, 0) is 32.6 Å². The number of anilines is 2. The van der Waals surface area contributed by atoms with E-state index in [1.165, 1.54) is 0 Å². The van der Waals surface area contributed by atoms with E-state index < -0.39 is 11.5 Å². The molecule has 0 radical (unpaired) electrons. The second kappa shape index (κ2) is 10.2. The summed E-state index contributed by atoms with van der Waals surface area (Å²) in [5, 5.41) is 5.96. The maximum absolute atomic E-state index is 14.0. The van der Waals surface area contributed by atoms with Crippen LogP contribution in [0.2, 0.25) is 0 Å². The number of carbonyl (C=O) groups is 3. The lowest BCUT2D eigenvalue weighted by atomic mass is 9.79. The summed E-state index contributed by atoms with van der Waals surface area (Å²) in [7, 11) is 1.96. The number of fused-ring (bicyclic) bond motifs is 3. The minimum Gasteiger partial charge on any atom is -0.325 e. The van der Waals surface area contributed by atoms with E-state index in [0.717, 1.165) is 27.8 Å². The number of piperazine rings is 1. The fraction of sp³-hybridized carbons (Fsp3) is 0.235. The van der Waals surface area contributed by atoms with Gasteiger partial charge in [0, 0.05) is 24.0 Å². The van der Waals surface area contributed by atoms with Gasteiger partial charge in [-0.05, 0) is 60.3 Å². The molecule has 2 N–H and O–H groups in total. The lowest BCUT2D eigenvalue weighted by Crippen LogP contribution is -2.54. The second-order valence-electron chi connectivity index (χ2n) is 11.5. The van der Waals surface area contributed by atoms with Crippen LogP contribution in [0, 0.1) is 0 Å². The van der Waals surface area contributed by atoms with Crippen LogP contribution >= 0.6 is 0 Å². The van der Waals surface area contributed by atoms with Gasteiger partial charge in [-0.3, -0.25) is 19.3 Å². The average molecular weight is 558 g/mol. The summed E-state index contributed by atoms with van der Waals surface area (Å²) in [6, 6.07) is 28.5. The molecule has 210 valence electrons. The van der Waals surface area contributed by atoms with Crippen molar-refractivity contribution < 1.29 is 14.4 Å². The molecular weight excluding hydrogens is 526 g/mol. The molecule has 8 nitrogen and oxygen atoms in total. The van der Waals surface area contributed by atoms with Crippen LogP contribution in [0.4, 0.5) is 11.5 Å². The lowest BCUT2D eigenvalue weighted by Gasteiger charge is -2.44. The Morgan fingerprint density at radius 3 is 2.40 bits per heavy atom. The summed E-state index contributed by atoms with van der Waals surface area (Å²) >= 11 is 0. The Kier molecular flexibility index (Phi) is 6.35. The number of rotatable bonds is 5. The molecule has 1 saturated heterocycles. The van der Waals surface area contributed by atoms with Gasteiger partial charge in [-0.15, -0.1) is 0 Å². The van der Waals surface area contributed by atoms with E-state index in [1.807, 2.05) is 98.0 Å². The van der Waals surface area contributed by atoms with Crippen molar-refractivity contribution in [1.82, 2.24) is 14.8 Å². The molecule has 3 amide bonds. The largest absolute Gasteiger partial charge is 0.325 e. The first-order chi connectivity index (χ1) is 20.4. The molecule has 8 heteroatoms. The van der Waals surface area contributed by atoms with E-state index in [-0.39, 0.29) is 30.3 Å². The zero-order valence-corrected chi connectivity index (χ0v) is 23.3. The van der Waals surface area contributed by atoms with Gasteiger partial charge in [0.1, 0.15) is 18.4 Å². The van der Waals surface area contributed by atoms with Crippen molar-refractivity contribution in [1.29, 1.82) is 0 Å². The number of nitrogens with one attached hydrogen (secondary N) is 2. The summed E-state index contributed by atoms with van der Waals surface area (Å²) in [5.74, 6) is 0.227. The summed E-state index contributed by atoms with van der Waals surface area (Å²) in [5.41, 5.74) is 4.91. The topological polar surface area (TPSA) is 94.6 Å².